The number of thiocarbonyl (C=S) groups is 1. The van der Waals surface area contributed by atoms with Crippen LogP contribution in [-0.4, -0.2) is 39.8 Å². The second kappa shape index (κ2) is 9.58. The normalized spacial score (nSPS) is 15.1. The molecule has 6 nitrogen and oxygen atoms in total. The molecule has 0 saturated carbocycles. The minimum absolute atomic E-state index is 0.0266. The molecule has 2 amide bonds. The Bertz CT molecular complexity index is 960. The summed E-state index contributed by atoms with van der Waals surface area (Å²) in [5.74, 6) is -0.0268. The molecule has 2 aromatic carbocycles. The summed E-state index contributed by atoms with van der Waals surface area (Å²) in [5, 5.41) is 12.5. The average molecular weight is 429 g/mol. The third kappa shape index (κ3) is 5.36. The Balaban J connectivity index is 1.58. The number of carbonyl (C=O) groups excluding carboxylic acids is 2. The molecule has 0 unspecified atom stereocenters. The van der Waals surface area contributed by atoms with E-state index >= 15 is 0 Å². The van der Waals surface area contributed by atoms with E-state index in [0.717, 1.165) is 5.56 Å². The predicted octanol–water partition coefficient (Wildman–Crippen LogP) is 3.31. The molecule has 0 spiro atoms. The highest BCUT2D eigenvalue weighted by Crippen LogP contribution is 2.34. The number of ether oxygens (including phenoxy) is 1. The number of carbonyl (C=O) groups is 2. The first kappa shape index (κ1) is 20.9. The maximum atomic E-state index is 12.7. The Hall–Kier alpha value is -2.84. The van der Waals surface area contributed by atoms with Crippen LogP contribution in [0.2, 0.25) is 0 Å². The fourth-order valence-corrected chi connectivity index (χ4v) is 4.03. The van der Waals surface area contributed by atoms with Gasteiger partial charge in [-0.15, -0.1) is 0 Å². The third-order valence-corrected chi connectivity index (χ3v) is 5.65. The van der Waals surface area contributed by atoms with Crippen LogP contribution in [-0.2, 0) is 16.1 Å². The summed E-state index contributed by atoms with van der Waals surface area (Å²) in [5.41, 5.74) is 1.72. The standard InChI is InChI=1S/C21H20N2O4S2/c1-27-17-11-15(7-8-16(17)24)12-18-20(26)23(21(28)29-18)10-9-19(25)22-13-14-5-3-2-4-6-14/h2-8,11-12,24H,9-10,13H2,1H3,(H,22,25)/b18-12-. The van der Waals surface area contributed by atoms with Crippen molar-refractivity contribution in [2.24, 2.45) is 0 Å². The highest BCUT2D eigenvalue weighted by Gasteiger charge is 2.32. The molecule has 0 aromatic heterocycles. The molecule has 1 heterocycles. The SMILES string of the molecule is COc1cc(/C=C2\SC(=S)N(CCC(=O)NCc3ccccc3)C2=O)ccc1O. The van der Waals surface area contributed by atoms with Gasteiger partial charge in [0.2, 0.25) is 5.91 Å². The van der Waals surface area contributed by atoms with Crippen LogP contribution in [0.3, 0.4) is 0 Å². The minimum atomic E-state index is -0.233. The lowest BCUT2D eigenvalue weighted by Gasteiger charge is -2.14. The van der Waals surface area contributed by atoms with E-state index in [2.05, 4.69) is 5.32 Å². The second-order valence-electron chi connectivity index (χ2n) is 6.28. The summed E-state index contributed by atoms with van der Waals surface area (Å²) in [7, 11) is 1.46. The van der Waals surface area contributed by atoms with Gasteiger partial charge in [0.1, 0.15) is 4.32 Å². The highest BCUT2D eigenvalue weighted by molar-refractivity contribution is 8.26. The number of nitrogens with one attached hydrogen (secondary N) is 1. The van der Waals surface area contributed by atoms with E-state index < -0.39 is 0 Å². The van der Waals surface area contributed by atoms with Gasteiger partial charge in [-0.3, -0.25) is 14.5 Å². The molecule has 1 aliphatic rings. The van der Waals surface area contributed by atoms with Gasteiger partial charge < -0.3 is 15.2 Å². The van der Waals surface area contributed by atoms with E-state index in [1.54, 1.807) is 18.2 Å². The number of hydrogen-bond donors (Lipinski definition) is 2. The van der Waals surface area contributed by atoms with Crippen molar-refractivity contribution in [3.63, 3.8) is 0 Å². The van der Waals surface area contributed by atoms with Gasteiger partial charge in [-0.2, -0.15) is 0 Å². The summed E-state index contributed by atoms with van der Waals surface area (Å²) in [6.45, 7) is 0.669. The monoisotopic (exact) mass is 428 g/mol. The molecular formula is C21H20N2O4S2. The van der Waals surface area contributed by atoms with Crippen molar-refractivity contribution >= 4 is 46.2 Å². The van der Waals surface area contributed by atoms with E-state index in [0.29, 0.717) is 27.1 Å². The summed E-state index contributed by atoms with van der Waals surface area (Å²) < 4.78 is 5.51. The summed E-state index contributed by atoms with van der Waals surface area (Å²) in [6, 6.07) is 14.4. The summed E-state index contributed by atoms with van der Waals surface area (Å²) >= 11 is 6.49. The van der Waals surface area contributed by atoms with E-state index in [9.17, 15) is 14.7 Å². The third-order valence-electron chi connectivity index (χ3n) is 4.27. The Morgan fingerprint density at radius 2 is 2.03 bits per heavy atom. The molecule has 0 atom stereocenters. The Labute approximate surface area is 178 Å². The van der Waals surface area contributed by atoms with Crippen LogP contribution < -0.4 is 10.1 Å². The Morgan fingerprint density at radius 3 is 2.76 bits per heavy atom. The maximum Gasteiger partial charge on any atom is 0.266 e. The van der Waals surface area contributed by atoms with Gasteiger partial charge in [-0.1, -0.05) is 60.4 Å². The molecule has 8 heteroatoms. The van der Waals surface area contributed by atoms with Crippen LogP contribution in [0.25, 0.3) is 6.08 Å². The molecule has 1 saturated heterocycles. The minimum Gasteiger partial charge on any atom is -0.504 e. The second-order valence-corrected chi connectivity index (χ2v) is 7.95. The van der Waals surface area contributed by atoms with Crippen LogP contribution >= 0.6 is 24.0 Å². The topological polar surface area (TPSA) is 78.9 Å². The summed E-state index contributed by atoms with van der Waals surface area (Å²) in [6.07, 6.45) is 1.86. The Morgan fingerprint density at radius 1 is 1.28 bits per heavy atom. The van der Waals surface area contributed by atoms with Crippen LogP contribution in [0.1, 0.15) is 17.5 Å². The van der Waals surface area contributed by atoms with Gasteiger partial charge in [0.05, 0.1) is 12.0 Å². The number of thioether (sulfide) groups is 1. The largest absolute Gasteiger partial charge is 0.504 e. The number of benzene rings is 2. The van der Waals surface area contributed by atoms with E-state index in [1.807, 2.05) is 30.3 Å². The zero-order chi connectivity index (χ0) is 20.8. The van der Waals surface area contributed by atoms with Gasteiger partial charge in [-0.05, 0) is 29.3 Å². The number of rotatable bonds is 7. The lowest BCUT2D eigenvalue weighted by molar-refractivity contribution is -0.123. The first-order valence-corrected chi connectivity index (χ1v) is 10.1. The number of aromatic hydroxyl groups is 1. The number of methoxy groups -OCH3 is 1. The van der Waals surface area contributed by atoms with Gasteiger partial charge in [0, 0.05) is 19.5 Å². The molecular weight excluding hydrogens is 408 g/mol. The molecule has 150 valence electrons. The maximum absolute atomic E-state index is 12.7. The van der Waals surface area contributed by atoms with Crippen molar-refractivity contribution in [2.45, 2.75) is 13.0 Å². The van der Waals surface area contributed by atoms with E-state index in [-0.39, 0.29) is 30.5 Å². The van der Waals surface area contributed by atoms with Gasteiger partial charge in [-0.25, -0.2) is 0 Å². The van der Waals surface area contributed by atoms with Gasteiger partial charge in [0.25, 0.3) is 5.91 Å². The van der Waals surface area contributed by atoms with Gasteiger partial charge >= 0.3 is 0 Å². The van der Waals surface area contributed by atoms with Gasteiger partial charge in [0.15, 0.2) is 11.5 Å². The van der Waals surface area contributed by atoms with E-state index in [1.165, 1.54) is 29.8 Å². The zero-order valence-corrected chi connectivity index (χ0v) is 17.4. The smallest absolute Gasteiger partial charge is 0.266 e. The zero-order valence-electron chi connectivity index (χ0n) is 15.8. The van der Waals surface area contributed by atoms with Crippen molar-refractivity contribution in [1.82, 2.24) is 10.2 Å². The van der Waals surface area contributed by atoms with Crippen molar-refractivity contribution in [1.29, 1.82) is 0 Å². The molecule has 3 rings (SSSR count). The van der Waals surface area contributed by atoms with E-state index in [4.69, 9.17) is 17.0 Å². The molecule has 2 N–H and O–H groups in total. The lowest BCUT2D eigenvalue weighted by atomic mass is 10.2. The summed E-state index contributed by atoms with van der Waals surface area (Å²) in [4.78, 5) is 26.7. The Kier molecular flexibility index (Phi) is 6.90. The average Bonchev–Trinajstić information content (AvgIpc) is 2.99. The number of hydrogen-bond acceptors (Lipinski definition) is 6. The molecule has 1 aliphatic heterocycles. The molecule has 1 fully saturated rings. The lowest BCUT2D eigenvalue weighted by Crippen LogP contribution is -2.33. The van der Waals surface area contributed by atoms with Crippen molar-refractivity contribution < 1.29 is 19.4 Å². The number of nitrogens with zero attached hydrogens (tertiary/aromatic N) is 1. The van der Waals surface area contributed by atoms with Crippen molar-refractivity contribution in [3.05, 3.63) is 64.6 Å². The van der Waals surface area contributed by atoms with Crippen LogP contribution in [0, 0.1) is 0 Å². The van der Waals surface area contributed by atoms with Crippen molar-refractivity contribution in [3.8, 4) is 11.5 Å². The number of phenolic OH excluding ortho intramolecular Hbond substituents is 1. The molecule has 0 bridgehead atoms. The highest BCUT2D eigenvalue weighted by atomic mass is 32.2. The number of phenols is 1. The number of amides is 2. The fourth-order valence-electron chi connectivity index (χ4n) is 2.73. The first-order valence-electron chi connectivity index (χ1n) is 8.91. The van der Waals surface area contributed by atoms with Crippen LogP contribution in [0.4, 0.5) is 0 Å². The van der Waals surface area contributed by atoms with Crippen LogP contribution in [0.15, 0.2) is 53.4 Å². The van der Waals surface area contributed by atoms with Crippen LogP contribution in [0.5, 0.6) is 11.5 Å². The van der Waals surface area contributed by atoms with Crippen molar-refractivity contribution in [2.75, 3.05) is 13.7 Å². The predicted molar refractivity (Wildman–Crippen MR) is 117 cm³/mol. The quantitative estimate of drug-likeness (QED) is 0.520. The molecule has 2 aromatic rings. The first-order chi connectivity index (χ1) is 14.0. The molecule has 0 aliphatic carbocycles. The fraction of sp³-hybridized carbons (Fsp3) is 0.190. The molecule has 29 heavy (non-hydrogen) atoms. The molecule has 0 radical (unpaired) electrons.